The van der Waals surface area contributed by atoms with E-state index in [1.54, 1.807) is 24.3 Å². The van der Waals surface area contributed by atoms with E-state index in [0.717, 1.165) is 11.1 Å². The fraction of sp³-hybridized carbons (Fsp3) is 0.333. The molecular weight excluding hydrogens is 282 g/mol. The summed E-state index contributed by atoms with van der Waals surface area (Å²) < 4.78 is 24.5. The van der Waals surface area contributed by atoms with Crippen LogP contribution in [0.25, 0.3) is 0 Å². The van der Waals surface area contributed by atoms with Crippen LogP contribution in [0.1, 0.15) is 11.1 Å². The van der Waals surface area contributed by atoms with Crippen LogP contribution in [0.4, 0.5) is 0 Å². The lowest BCUT2D eigenvalue weighted by Crippen LogP contribution is -2.23. The first kappa shape index (κ1) is 12.6. The quantitative estimate of drug-likeness (QED) is 0.795. The van der Waals surface area contributed by atoms with Crippen molar-refractivity contribution in [3.8, 4) is 0 Å². The minimum Gasteiger partial charge on any atom is -0.392 e. The molecule has 0 fully saturated rings. The van der Waals surface area contributed by atoms with Crippen LogP contribution in [0.3, 0.4) is 0 Å². The molecule has 0 unspecified atom stereocenters. The van der Waals surface area contributed by atoms with Crippen LogP contribution in [0.5, 0.6) is 0 Å². The van der Waals surface area contributed by atoms with Gasteiger partial charge in [0, 0.05) is 6.54 Å². The van der Waals surface area contributed by atoms with Gasteiger partial charge in [0.15, 0.2) is 0 Å². The molecule has 1 aromatic carbocycles. The molecule has 6 heteroatoms. The topological polar surface area (TPSA) is 66.4 Å². The molecule has 1 rings (SSSR count). The highest BCUT2D eigenvalue weighted by molar-refractivity contribution is 9.10. The summed E-state index contributed by atoms with van der Waals surface area (Å²) in [7, 11) is -3.22. The van der Waals surface area contributed by atoms with Crippen LogP contribution in [-0.2, 0) is 23.2 Å². The summed E-state index contributed by atoms with van der Waals surface area (Å²) in [5, 5.41) is 8.81. The highest BCUT2D eigenvalue weighted by Gasteiger charge is 2.06. The van der Waals surface area contributed by atoms with Gasteiger partial charge < -0.3 is 5.11 Å². The third-order valence-corrected chi connectivity index (χ3v) is 4.53. The first-order chi connectivity index (χ1) is 7.07. The Balaban J connectivity index is 2.59. The smallest absolute Gasteiger partial charge is 0.221 e. The maximum absolute atomic E-state index is 11.1. The Bertz CT molecular complexity index is 402. The monoisotopic (exact) mass is 293 g/mol. The highest BCUT2D eigenvalue weighted by Crippen LogP contribution is 2.04. The molecule has 0 bridgehead atoms. The number of alkyl halides is 1. The number of aliphatic hydroxyl groups excluding tert-OH is 1. The Morgan fingerprint density at radius 1 is 1.20 bits per heavy atom. The Morgan fingerprint density at radius 2 is 1.73 bits per heavy atom. The van der Waals surface area contributed by atoms with E-state index < -0.39 is 10.0 Å². The lowest BCUT2D eigenvalue weighted by Gasteiger charge is -2.04. The van der Waals surface area contributed by atoms with Crippen LogP contribution in [0, 0.1) is 0 Å². The molecule has 0 atom stereocenters. The molecule has 0 amide bonds. The largest absolute Gasteiger partial charge is 0.392 e. The van der Waals surface area contributed by atoms with Crippen molar-refractivity contribution < 1.29 is 13.5 Å². The number of hydrogen-bond acceptors (Lipinski definition) is 3. The number of hydrogen-bond donors (Lipinski definition) is 2. The highest BCUT2D eigenvalue weighted by atomic mass is 79.9. The average Bonchev–Trinajstić information content (AvgIpc) is 2.27. The van der Waals surface area contributed by atoms with Gasteiger partial charge in [-0.3, -0.25) is 0 Å². The zero-order valence-corrected chi connectivity index (χ0v) is 10.4. The molecule has 0 radical (unpaired) electrons. The first-order valence-corrected chi connectivity index (χ1v) is 7.07. The SMILES string of the molecule is O=S(=O)(CBr)NCc1ccc(CO)cc1. The lowest BCUT2D eigenvalue weighted by molar-refractivity contribution is 0.282. The number of halogens is 1. The normalized spacial score (nSPS) is 11.6. The van der Waals surface area contributed by atoms with Crippen molar-refractivity contribution in [2.75, 3.05) is 4.66 Å². The summed E-state index contributed by atoms with van der Waals surface area (Å²) in [5.41, 5.74) is 1.67. The molecule has 4 nitrogen and oxygen atoms in total. The molecule has 0 saturated carbocycles. The number of rotatable bonds is 5. The molecule has 0 aliphatic heterocycles. The van der Waals surface area contributed by atoms with E-state index in [4.69, 9.17) is 5.11 Å². The molecule has 84 valence electrons. The van der Waals surface area contributed by atoms with Gasteiger partial charge in [-0.25, -0.2) is 13.1 Å². The predicted octanol–water partition coefficient (Wildman–Crippen LogP) is 0.951. The second kappa shape index (κ2) is 5.60. The molecule has 0 saturated heterocycles. The van der Waals surface area contributed by atoms with Crippen molar-refractivity contribution in [2.45, 2.75) is 13.2 Å². The van der Waals surface area contributed by atoms with Gasteiger partial charge in [-0.2, -0.15) is 0 Å². The fourth-order valence-electron chi connectivity index (χ4n) is 0.994. The van der Waals surface area contributed by atoms with Gasteiger partial charge in [-0.1, -0.05) is 40.2 Å². The first-order valence-electron chi connectivity index (χ1n) is 4.29. The van der Waals surface area contributed by atoms with Crippen molar-refractivity contribution >= 4 is 26.0 Å². The predicted molar refractivity (Wildman–Crippen MR) is 61.9 cm³/mol. The van der Waals surface area contributed by atoms with E-state index in [2.05, 4.69) is 20.7 Å². The standard InChI is InChI=1S/C9H12BrNO3S/c10-7-15(13,14)11-5-8-1-3-9(6-12)4-2-8/h1-4,11-12H,5-7H2. The number of nitrogens with one attached hydrogen (secondary N) is 1. The van der Waals surface area contributed by atoms with Gasteiger partial charge in [0.2, 0.25) is 10.0 Å². The molecule has 0 aliphatic rings. The van der Waals surface area contributed by atoms with E-state index in [0.29, 0.717) is 0 Å². The molecule has 2 N–H and O–H groups in total. The van der Waals surface area contributed by atoms with Gasteiger partial charge in [0.1, 0.15) is 4.66 Å². The Morgan fingerprint density at radius 3 is 2.20 bits per heavy atom. The molecule has 15 heavy (non-hydrogen) atoms. The summed E-state index contributed by atoms with van der Waals surface area (Å²) in [6, 6.07) is 7.08. The zero-order valence-electron chi connectivity index (χ0n) is 7.98. The second-order valence-corrected chi connectivity index (χ2v) is 6.13. The van der Waals surface area contributed by atoms with E-state index >= 15 is 0 Å². The number of benzene rings is 1. The summed E-state index contributed by atoms with van der Waals surface area (Å²) in [6.45, 7) is 0.257. The van der Waals surface area contributed by atoms with Gasteiger partial charge >= 0.3 is 0 Å². The van der Waals surface area contributed by atoms with Gasteiger partial charge in [0.05, 0.1) is 6.61 Å². The summed E-state index contributed by atoms with van der Waals surface area (Å²) >= 11 is 2.88. The fourth-order valence-corrected chi connectivity index (χ4v) is 1.94. The summed E-state index contributed by atoms with van der Waals surface area (Å²) in [5.74, 6) is 0. The Kier molecular flexibility index (Phi) is 4.72. The van der Waals surface area contributed by atoms with E-state index in [9.17, 15) is 8.42 Å². The zero-order chi connectivity index (χ0) is 11.3. The van der Waals surface area contributed by atoms with E-state index in [-0.39, 0.29) is 17.8 Å². The van der Waals surface area contributed by atoms with Crippen molar-refractivity contribution in [1.29, 1.82) is 0 Å². The molecule has 1 aromatic rings. The average molecular weight is 294 g/mol. The lowest BCUT2D eigenvalue weighted by atomic mass is 10.1. The Hall–Kier alpha value is -0.430. The minimum atomic E-state index is -3.22. The van der Waals surface area contributed by atoms with Crippen molar-refractivity contribution in [1.82, 2.24) is 4.72 Å². The van der Waals surface area contributed by atoms with Crippen LogP contribution >= 0.6 is 15.9 Å². The van der Waals surface area contributed by atoms with Gasteiger partial charge in [0.25, 0.3) is 0 Å². The van der Waals surface area contributed by atoms with Crippen molar-refractivity contribution in [2.24, 2.45) is 0 Å². The second-order valence-electron chi connectivity index (χ2n) is 3.02. The van der Waals surface area contributed by atoms with Gasteiger partial charge in [-0.05, 0) is 11.1 Å². The maximum atomic E-state index is 11.1. The van der Waals surface area contributed by atoms with Crippen LogP contribution < -0.4 is 4.72 Å². The summed E-state index contributed by atoms with van der Waals surface area (Å²) in [6.07, 6.45) is 0. The van der Waals surface area contributed by atoms with Gasteiger partial charge in [-0.15, -0.1) is 0 Å². The molecule has 0 aromatic heterocycles. The number of aliphatic hydroxyl groups is 1. The molecule has 0 aliphatic carbocycles. The van der Waals surface area contributed by atoms with Crippen LogP contribution in [0.15, 0.2) is 24.3 Å². The maximum Gasteiger partial charge on any atom is 0.221 e. The third kappa shape index (κ3) is 4.29. The molecule has 0 heterocycles. The number of sulfonamides is 1. The van der Waals surface area contributed by atoms with Crippen molar-refractivity contribution in [3.05, 3.63) is 35.4 Å². The van der Waals surface area contributed by atoms with E-state index in [1.165, 1.54) is 0 Å². The Labute approximate surface area is 97.5 Å². The molecule has 0 spiro atoms. The third-order valence-electron chi connectivity index (χ3n) is 1.85. The minimum absolute atomic E-state index is 0.00654. The van der Waals surface area contributed by atoms with Crippen LogP contribution in [-0.4, -0.2) is 18.2 Å². The van der Waals surface area contributed by atoms with Crippen LogP contribution in [0.2, 0.25) is 0 Å². The van der Waals surface area contributed by atoms with E-state index in [1.807, 2.05) is 0 Å². The molecular formula is C9H12BrNO3S. The van der Waals surface area contributed by atoms with Crippen molar-refractivity contribution in [3.63, 3.8) is 0 Å². The summed E-state index contributed by atoms with van der Waals surface area (Å²) in [4.78, 5) is 0.